The SMILES string of the molecule is FC(F)(F)c1cnc2nc(-c3nc(C(F)(F)F)n[nH]3)c(-c3cnc[nH]3)n2c1. The molecule has 14 heteroatoms. The number of halogens is 6. The highest BCUT2D eigenvalue weighted by Crippen LogP contribution is 2.34. The first-order valence-corrected chi connectivity index (χ1v) is 7.08. The van der Waals surface area contributed by atoms with E-state index in [0.717, 1.165) is 10.6 Å². The molecule has 0 atom stereocenters. The van der Waals surface area contributed by atoms with Gasteiger partial charge in [-0.25, -0.2) is 19.9 Å². The number of alkyl halides is 6. The largest absolute Gasteiger partial charge is 0.453 e. The lowest BCUT2D eigenvalue weighted by molar-refractivity contribution is -0.144. The van der Waals surface area contributed by atoms with Gasteiger partial charge < -0.3 is 4.98 Å². The van der Waals surface area contributed by atoms with Crippen LogP contribution >= 0.6 is 0 Å². The van der Waals surface area contributed by atoms with Gasteiger partial charge in [0, 0.05) is 12.4 Å². The van der Waals surface area contributed by atoms with E-state index >= 15 is 0 Å². The molecule has 2 N–H and O–H groups in total. The standard InChI is InChI=1S/C13H6F6N8/c14-12(15,16)5-1-21-11-23-7(9-24-10(26-25-9)13(17,18)19)8(27(11)3-5)6-2-20-4-22-6/h1-4H,(H,20,22)(H,24,25,26). The molecule has 4 heterocycles. The Kier molecular flexibility index (Phi) is 3.47. The minimum absolute atomic E-state index is 0.00836. The molecule has 0 amide bonds. The summed E-state index contributed by atoms with van der Waals surface area (Å²) < 4.78 is 78.3. The molecule has 0 aliphatic heterocycles. The maximum Gasteiger partial charge on any atom is 0.453 e. The molecule has 0 spiro atoms. The summed E-state index contributed by atoms with van der Waals surface area (Å²) in [4.78, 5) is 17.4. The zero-order valence-corrected chi connectivity index (χ0v) is 12.8. The third kappa shape index (κ3) is 2.88. The monoisotopic (exact) mass is 388 g/mol. The van der Waals surface area contributed by atoms with Gasteiger partial charge in [-0.15, -0.1) is 5.10 Å². The first-order valence-electron chi connectivity index (χ1n) is 7.08. The van der Waals surface area contributed by atoms with Crippen molar-refractivity contribution in [2.45, 2.75) is 12.4 Å². The van der Waals surface area contributed by atoms with Crippen molar-refractivity contribution >= 4 is 5.78 Å². The second kappa shape index (κ2) is 5.52. The molecular formula is C13H6F6N8. The van der Waals surface area contributed by atoms with Crippen LogP contribution in [0.5, 0.6) is 0 Å². The van der Waals surface area contributed by atoms with Crippen molar-refractivity contribution in [3.05, 3.63) is 36.3 Å². The predicted molar refractivity (Wildman–Crippen MR) is 75.9 cm³/mol. The molecule has 140 valence electrons. The number of aromatic amines is 2. The molecule has 0 saturated carbocycles. The van der Waals surface area contributed by atoms with Gasteiger partial charge in [0.25, 0.3) is 5.82 Å². The van der Waals surface area contributed by atoms with Crippen LogP contribution in [0, 0.1) is 0 Å². The summed E-state index contributed by atoms with van der Waals surface area (Å²) in [6, 6.07) is 0. The van der Waals surface area contributed by atoms with Gasteiger partial charge >= 0.3 is 12.4 Å². The molecule has 0 bridgehead atoms. The molecule has 8 nitrogen and oxygen atoms in total. The highest BCUT2D eigenvalue weighted by Gasteiger charge is 2.37. The average molecular weight is 388 g/mol. The van der Waals surface area contributed by atoms with E-state index in [1.807, 2.05) is 0 Å². The lowest BCUT2D eigenvalue weighted by Crippen LogP contribution is -2.07. The third-order valence-corrected chi connectivity index (χ3v) is 3.52. The van der Waals surface area contributed by atoms with Gasteiger partial charge in [0.15, 0.2) is 5.82 Å². The Morgan fingerprint density at radius 2 is 1.74 bits per heavy atom. The first kappa shape index (κ1) is 17.0. The summed E-state index contributed by atoms with van der Waals surface area (Å²) in [5.74, 6) is -1.99. The number of fused-ring (bicyclic) bond motifs is 1. The fourth-order valence-electron chi connectivity index (χ4n) is 2.38. The molecule has 0 radical (unpaired) electrons. The third-order valence-electron chi connectivity index (χ3n) is 3.52. The molecule has 0 saturated heterocycles. The number of nitrogens with zero attached hydrogens (tertiary/aromatic N) is 6. The number of rotatable bonds is 2. The van der Waals surface area contributed by atoms with Crippen LogP contribution in [0.1, 0.15) is 11.4 Å². The Bertz CT molecular complexity index is 1100. The molecule has 4 aromatic rings. The highest BCUT2D eigenvalue weighted by molar-refractivity contribution is 5.76. The Labute approximate surface area is 144 Å². The van der Waals surface area contributed by atoms with E-state index in [0.29, 0.717) is 6.20 Å². The average Bonchev–Trinajstić information content (AvgIpc) is 3.30. The summed E-state index contributed by atoms with van der Waals surface area (Å²) in [6.07, 6.45) is -5.65. The maximum absolute atomic E-state index is 13.0. The number of nitrogens with one attached hydrogen (secondary N) is 2. The number of hydrogen-bond acceptors (Lipinski definition) is 5. The van der Waals surface area contributed by atoms with Crippen LogP contribution in [0.3, 0.4) is 0 Å². The normalized spacial score (nSPS) is 12.8. The molecular weight excluding hydrogens is 382 g/mol. The van der Waals surface area contributed by atoms with E-state index in [1.165, 1.54) is 12.5 Å². The van der Waals surface area contributed by atoms with E-state index in [2.05, 4.69) is 35.1 Å². The van der Waals surface area contributed by atoms with E-state index in [1.54, 1.807) is 0 Å². The van der Waals surface area contributed by atoms with E-state index in [4.69, 9.17) is 0 Å². The number of hydrogen-bond donors (Lipinski definition) is 2. The fraction of sp³-hybridized carbons (Fsp3) is 0.154. The Balaban J connectivity index is 1.98. The van der Waals surface area contributed by atoms with Crippen molar-refractivity contribution in [2.24, 2.45) is 0 Å². The second-order valence-electron chi connectivity index (χ2n) is 5.29. The number of imidazole rings is 2. The summed E-state index contributed by atoms with van der Waals surface area (Å²) in [5.41, 5.74) is -1.04. The van der Waals surface area contributed by atoms with Gasteiger partial charge in [-0.3, -0.25) is 9.50 Å². The van der Waals surface area contributed by atoms with Crippen molar-refractivity contribution < 1.29 is 26.3 Å². The van der Waals surface area contributed by atoms with Crippen LogP contribution in [0.25, 0.3) is 28.7 Å². The fourth-order valence-corrected chi connectivity index (χ4v) is 2.38. The molecule has 0 fully saturated rings. The summed E-state index contributed by atoms with van der Waals surface area (Å²) in [6.45, 7) is 0. The van der Waals surface area contributed by atoms with Crippen molar-refractivity contribution in [1.29, 1.82) is 0 Å². The van der Waals surface area contributed by atoms with Gasteiger partial charge in [-0.2, -0.15) is 26.3 Å². The van der Waals surface area contributed by atoms with Gasteiger partial charge in [-0.1, -0.05) is 0 Å². The van der Waals surface area contributed by atoms with Crippen LogP contribution in [0.4, 0.5) is 26.3 Å². The molecule has 0 aliphatic rings. The summed E-state index contributed by atoms with van der Waals surface area (Å²) >= 11 is 0. The molecule has 0 aromatic carbocycles. The summed E-state index contributed by atoms with van der Waals surface area (Å²) in [5, 5.41) is 5.17. The lowest BCUT2D eigenvalue weighted by Gasteiger charge is -2.07. The van der Waals surface area contributed by atoms with Gasteiger partial charge in [0.1, 0.15) is 11.4 Å². The molecule has 0 aliphatic carbocycles. The number of H-pyrrole nitrogens is 2. The van der Waals surface area contributed by atoms with Gasteiger partial charge in [-0.05, 0) is 0 Å². The Morgan fingerprint density at radius 1 is 0.963 bits per heavy atom. The Hall–Kier alpha value is -3.45. The van der Waals surface area contributed by atoms with E-state index in [9.17, 15) is 26.3 Å². The van der Waals surface area contributed by atoms with Crippen LogP contribution in [-0.4, -0.2) is 39.5 Å². The molecule has 27 heavy (non-hydrogen) atoms. The lowest BCUT2D eigenvalue weighted by atomic mass is 10.2. The molecule has 4 aromatic heterocycles. The van der Waals surface area contributed by atoms with Crippen molar-refractivity contribution in [1.82, 2.24) is 39.5 Å². The zero-order valence-electron chi connectivity index (χ0n) is 12.8. The van der Waals surface area contributed by atoms with E-state index in [-0.39, 0.29) is 28.7 Å². The van der Waals surface area contributed by atoms with E-state index < -0.39 is 23.7 Å². The predicted octanol–water partition coefficient (Wildman–Crippen LogP) is 2.94. The van der Waals surface area contributed by atoms with Crippen LogP contribution < -0.4 is 0 Å². The minimum Gasteiger partial charge on any atom is -0.343 e. The Morgan fingerprint density at radius 3 is 2.33 bits per heavy atom. The molecule has 4 rings (SSSR count). The van der Waals surface area contributed by atoms with Gasteiger partial charge in [0.2, 0.25) is 5.78 Å². The maximum atomic E-state index is 13.0. The quantitative estimate of drug-likeness (QED) is 0.515. The minimum atomic E-state index is -4.80. The van der Waals surface area contributed by atoms with Crippen LogP contribution in [0.2, 0.25) is 0 Å². The highest BCUT2D eigenvalue weighted by atomic mass is 19.4. The van der Waals surface area contributed by atoms with Crippen molar-refractivity contribution in [2.75, 3.05) is 0 Å². The second-order valence-corrected chi connectivity index (χ2v) is 5.29. The summed E-state index contributed by atoms with van der Waals surface area (Å²) in [7, 11) is 0. The topological polar surface area (TPSA) is 100 Å². The zero-order chi connectivity index (χ0) is 19.4. The van der Waals surface area contributed by atoms with Crippen LogP contribution in [0.15, 0.2) is 24.9 Å². The van der Waals surface area contributed by atoms with Gasteiger partial charge in [0.05, 0.1) is 23.8 Å². The van der Waals surface area contributed by atoms with Crippen LogP contribution in [-0.2, 0) is 12.4 Å². The first-order chi connectivity index (χ1) is 12.6. The molecule has 0 unspecified atom stereocenters. The van der Waals surface area contributed by atoms with Crippen molar-refractivity contribution in [3.63, 3.8) is 0 Å². The smallest absolute Gasteiger partial charge is 0.343 e. The number of aromatic nitrogens is 8. The van der Waals surface area contributed by atoms with Crippen molar-refractivity contribution in [3.8, 4) is 22.9 Å².